The maximum atomic E-state index is 11.7. The summed E-state index contributed by atoms with van der Waals surface area (Å²) in [6.07, 6.45) is 0. The summed E-state index contributed by atoms with van der Waals surface area (Å²) in [7, 11) is 0. The first-order chi connectivity index (χ1) is 9.75. The van der Waals surface area contributed by atoms with Crippen LogP contribution in [0.4, 0.5) is 0 Å². The highest BCUT2D eigenvalue weighted by Gasteiger charge is 2.07. The van der Waals surface area contributed by atoms with Gasteiger partial charge >= 0.3 is 0 Å². The molecule has 2 aromatic carbocycles. The van der Waals surface area contributed by atoms with E-state index >= 15 is 0 Å². The number of hydrogen-bond acceptors (Lipinski definition) is 2. The number of nitrogens with one attached hydrogen (secondary N) is 1. The molecule has 0 heterocycles. The fourth-order valence-corrected chi connectivity index (χ4v) is 1.88. The highest BCUT2D eigenvalue weighted by Crippen LogP contribution is 2.13. The van der Waals surface area contributed by atoms with Crippen LogP contribution in [0.1, 0.15) is 18.4 Å². The van der Waals surface area contributed by atoms with Crippen molar-refractivity contribution >= 4 is 5.91 Å². The molecule has 0 aliphatic rings. The molecule has 2 rings (SSSR count). The largest absolute Gasteiger partial charge is 0.484 e. The van der Waals surface area contributed by atoms with Gasteiger partial charge in [-0.2, -0.15) is 0 Å². The average molecular weight is 269 g/mol. The van der Waals surface area contributed by atoms with Crippen molar-refractivity contribution in [2.75, 3.05) is 13.2 Å². The van der Waals surface area contributed by atoms with Crippen molar-refractivity contribution < 1.29 is 9.53 Å². The molecule has 0 radical (unpaired) electrons. The predicted octanol–water partition coefficient (Wildman–Crippen LogP) is 2.99. The van der Waals surface area contributed by atoms with E-state index in [0.717, 1.165) is 0 Å². The van der Waals surface area contributed by atoms with Crippen LogP contribution in [-0.4, -0.2) is 19.1 Å². The maximum Gasteiger partial charge on any atom is 0.257 e. The second-order valence-electron chi connectivity index (χ2n) is 4.72. The SMILES string of the molecule is C[C@@H](CNC(=O)COc1ccccc1)c1ccccc1. The average Bonchev–Trinajstić information content (AvgIpc) is 2.52. The normalized spacial score (nSPS) is 11.7. The third kappa shape index (κ3) is 4.43. The fraction of sp³-hybridized carbons (Fsp3) is 0.235. The summed E-state index contributed by atoms with van der Waals surface area (Å²) in [6, 6.07) is 19.5. The molecule has 0 aliphatic heterocycles. The number of carbonyl (C=O) groups excluding carboxylic acids is 1. The van der Waals surface area contributed by atoms with Crippen LogP contribution in [0.25, 0.3) is 0 Å². The Morgan fingerprint density at radius 1 is 1.05 bits per heavy atom. The van der Waals surface area contributed by atoms with Gasteiger partial charge < -0.3 is 10.1 Å². The molecule has 0 unspecified atom stereocenters. The van der Waals surface area contributed by atoms with Gasteiger partial charge in [0.15, 0.2) is 6.61 Å². The first-order valence-corrected chi connectivity index (χ1v) is 6.75. The van der Waals surface area contributed by atoms with Crippen molar-refractivity contribution in [2.24, 2.45) is 0 Å². The Bertz CT molecular complexity index is 525. The zero-order chi connectivity index (χ0) is 14.2. The van der Waals surface area contributed by atoms with Gasteiger partial charge in [-0.15, -0.1) is 0 Å². The molecule has 0 aromatic heterocycles. The molecule has 0 spiro atoms. The maximum absolute atomic E-state index is 11.7. The number of amides is 1. The lowest BCUT2D eigenvalue weighted by atomic mass is 10.0. The van der Waals surface area contributed by atoms with Gasteiger partial charge in [0.1, 0.15) is 5.75 Å². The summed E-state index contributed by atoms with van der Waals surface area (Å²) >= 11 is 0. The first-order valence-electron chi connectivity index (χ1n) is 6.75. The Kier molecular flexibility index (Phi) is 5.18. The van der Waals surface area contributed by atoms with E-state index in [1.54, 1.807) is 0 Å². The van der Waals surface area contributed by atoms with Crippen molar-refractivity contribution in [2.45, 2.75) is 12.8 Å². The highest BCUT2D eigenvalue weighted by atomic mass is 16.5. The number of rotatable bonds is 6. The molecule has 0 fully saturated rings. The molecular weight excluding hydrogens is 250 g/mol. The van der Waals surface area contributed by atoms with E-state index in [-0.39, 0.29) is 18.4 Å². The number of ether oxygens (including phenoxy) is 1. The summed E-state index contributed by atoms with van der Waals surface area (Å²) in [5.74, 6) is 0.896. The van der Waals surface area contributed by atoms with Crippen LogP contribution in [0.15, 0.2) is 60.7 Å². The van der Waals surface area contributed by atoms with Crippen molar-refractivity contribution in [3.63, 3.8) is 0 Å². The summed E-state index contributed by atoms with van der Waals surface area (Å²) < 4.78 is 5.39. The summed E-state index contributed by atoms with van der Waals surface area (Å²) in [6.45, 7) is 2.75. The van der Waals surface area contributed by atoms with Gasteiger partial charge in [0, 0.05) is 6.54 Å². The lowest BCUT2D eigenvalue weighted by Gasteiger charge is -2.13. The van der Waals surface area contributed by atoms with Gasteiger partial charge in [0.25, 0.3) is 5.91 Å². The molecule has 2 aromatic rings. The second-order valence-corrected chi connectivity index (χ2v) is 4.72. The molecule has 0 saturated carbocycles. The van der Waals surface area contributed by atoms with Crippen LogP contribution in [0, 0.1) is 0 Å². The molecule has 1 amide bonds. The molecule has 0 saturated heterocycles. The molecule has 3 nitrogen and oxygen atoms in total. The molecule has 1 atom stereocenters. The Morgan fingerprint density at radius 2 is 1.65 bits per heavy atom. The van der Waals surface area contributed by atoms with Crippen molar-refractivity contribution in [1.82, 2.24) is 5.32 Å². The first kappa shape index (κ1) is 14.1. The number of benzene rings is 2. The van der Waals surface area contributed by atoms with Crippen molar-refractivity contribution in [3.05, 3.63) is 66.2 Å². The van der Waals surface area contributed by atoms with E-state index in [1.807, 2.05) is 48.5 Å². The second kappa shape index (κ2) is 7.34. The van der Waals surface area contributed by atoms with E-state index in [4.69, 9.17) is 4.74 Å². The molecule has 1 N–H and O–H groups in total. The quantitative estimate of drug-likeness (QED) is 0.875. The number of hydrogen-bond donors (Lipinski definition) is 1. The molecule has 3 heteroatoms. The lowest BCUT2D eigenvalue weighted by molar-refractivity contribution is -0.123. The van der Waals surface area contributed by atoms with E-state index < -0.39 is 0 Å². The van der Waals surface area contributed by atoms with Gasteiger partial charge in [-0.25, -0.2) is 0 Å². The van der Waals surface area contributed by atoms with Crippen LogP contribution >= 0.6 is 0 Å². The molecule has 20 heavy (non-hydrogen) atoms. The van der Waals surface area contributed by atoms with Crippen LogP contribution in [0.5, 0.6) is 5.75 Å². The third-order valence-electron chi connectivity index (χ3n) is 3.09. The summed E-state index contributed by atoms with van der Waals surface area (Å²) in [4.78, 5) is 11.7. The molecule has 0 bridgehead atoms. The van der Waals surface area contributed by atoms with Gasteiger partial charge in [-0.1, -0.05) is 55.5 Å². The van der Waals surface area contributed by atoms with Gasteiger partial charge in [-0.05, 0) is 23.6 Å². The van der Waals surface area contributed by atoms with Crippen LogP contribution in [0.3, 0.4) is 0 Å². The monoisotopic (exact) mass is 269 g/mol. The third-order valence-corrected chi connectivity index (χ3v) is 3.09. The topological polar surface area (TPSA) is 38.3 Å². The minimum absolute atomic E-state index is 0.0471. The van der Waals surface area contributed by atoms with Crippen molar-refractivity contribution in [3.8, 4) is 5.75 Å². The zero-order valence-corrected chi connectivity index (χ0v) is 11.6. The van der Waals surface area contributed by atoms with Crippen LogP contribution < -0.4 is 10.1 Å². The van der Waals surface area contributed by atoms with E-state index in [0.29, 0.717) is 12.3 Å². The van der Waals surface area contributed by atoms with Crippen molar-refractivity contribution in [1.29, 1.82) is 0 Å². The lowest BCUT2D eigenvalue weighted by Crippen LogP contribution is -2.31. The Morgan fingerprint density at radius 3 is 2.30 bits per heavy atom. The van der Waals surface area contributed by atoms with E-state index in [2.05, 4.69) is 24.4 Å². The summed E-state index contributed by atoms with van der Waals surface area (Å²) in [5, 5.41) is 2.89. The van der Waals surface area contributed by atoms with Gasteiger partial charge in [-0.3, -0.25) is 4.79 Å². The molecular formula is C17H19NO2. The van der Waals surface area contributed by atoms with E-state index in [1.165, 1.54) is 5.56 Å². The fourth-order valence-electron chi connectivity index (χ4n) is 1.88. The predicted molar refractivity (Wildman–Crippen MR) is 79.8 cm³/mol. The highest BCUT2D eigenvalue weighted by molar-refractivity contribution is 5.77. The molecule has 104 valence electrons. The minimum atomic E-state index is -0.100. The van der Waals surface area contributed by atoms with Crippen LogP contribution in [-0.2, 0) is 4.79 Å². The Hall–Kier alpha value is -2.29. The smallest absolute Gasteiger partial charge is 0.257 e. The Labute approximate surface area is 119 Å². The zero-order valence-electron chi connectivity index (χ0n) is 11.6. The van der Waals surface area contributed by atoms with Crippen LogP contribution in [0.2, 0.25) is 0 Å². The van der Waals surface area contributed by atoms with Gasteiger partial charge in [0.05, 0.1) is 0 Å². The summed E-state index contributed by atoms with van der Waals surface area (Å²) in [5.41, 5.74) is 1.22. The number of carbonyl (C=O) groups is 1. The number of para-hydroxylation sites is 1. The van der Waals surface area contributed by atoms with E-state index in [9.17, 15) is 4.79 Å². The minimum Gasteiger partial charge on any atom is -0.484 e. The Balaban J connectivity index is 1.73. The van der Waals surface area contributed by atoms with Gasteiger partial charge in [0.2, 0.25) is 0 Å². The molecule has 0 aliphatic carbocycles. The standard InChI is InChI=1S/C17H19NO2/c1-14(15-8-4-2-5-9-15)12-18-17(19)13-20-16-10-6-3-7-11-16/h2-11,14H,12-13H2,1H3,(H,18,19)/t14-/m0/s1.